The number of aromatic nitrogens is 4. The van der Waals surface area contributed by atoms with Crippen LogP contribution in [0.15, 0.2) is 48.8 Å². The first-order valence-corrected chi connectivity index (χ1v) is 7.40. The Hall–Kier alpha value is -3.29. The van der Waals surface area contributed by atoms with E-state index in [4.69, 9.17) is 0 Å². The molecule has 8 heteroatoms. The monoisotopic (exact) mass is 324 g/mol. The number of nitrogens with zero attached hydrogens (tertiary/aromatic N) is 5. The quantitative estimate of drug-likeness (QED) is 0.572. The molecule has 3 rings (SSSR count). The van der Waals surface area contributed by atoms with Gasteiger partial charge >= 0.3 is 0 Å². The molecule has 2 aromatic heterocycles. The van der Waals surface area contributed by atoms with E-state index < -0.39 is 4.92 Å². The van der Waals surface area contributed by atoms with Gasteiger partial charge in [0.2, 0.25) is 0 Å². The van der Waals surface area contributed by atoms with E-state index >= 15 is 0 Å². The number of nitrogens with one attached hydrogen (secondary N) is 1. The zero-order valence-corrected chi connectivity index (χ0v) is 13.2. The molecule has 0 aliphatic heterocycles. The van der Waals surface area contributed by atoms with E-state index in [9.17, 15) is 10.1 Å². The predicted molar refractivity (Wildman–Crippen MR) is 89.0 cm³/mol. The Kier molecular flexibility index (Phi) is 4.19. The lowest BCUT2D eigenvalue weighted by Crippen LogP contribution is -2.10. The second kappa shape index (κ2) is 6.45. The first-order valence-electron chi connectivity index (χ1n) is 7.40. The molecule has 1 N–H and O–H groups in total. The molecule has 122 valence electrons. The van der Waals surface area contributed by atoms with Crippen molar-refractivity contribution in [3.05, 3.63) is 70.2 Å². The van der Waals surface area contributed by atoms with Crippen LogP contribution in [-0.4, -0.2) is 24.9 Å². The van der Waals surface area contributed by atoms with Gasteiger partial charge in [0.1, 0.15) is 17.7 Å². The van der Waals surface area contributed by atoms with Gasteiger partial charge in [0.05, 0.1) is 22.8 Å². The van der Waals surface area contributed by atoms with Gasteiger partial charge in [-0.05, 0) is 31.5 Å². The van der Waals surface area contributed by atoms with Crippen LogP contribution >= 0.6 is 0 Å². The Morgan fingerprint density at radius 3 is 2.71 bits per heavy atom. The van der Waals surface area contributed by atoms with E-state index in [-0.39, 0.29) is 11.7 Å². The Balaban J connectivity index is 1.77. The number of anilines is 1. The summed E-state index contributed by atoms with van der Waals surface area (Å²) in [5, 5.41) is 22.3. The molecule has 0 saturated carbocycles. The number of rotatable bonds is 5. The van der Waals surface area contributed by atoms with Crippen LogP contribution in [0.5, 0.6) is 0 Å². The number of benzene rings is 1. The number of hydrogen-bond acceptors (Lipinski definition) is 6. The molecule has 0 saturated heterocycles. The molecule has 0 spiro atoms. The van der Waals surface area contributed by atoms with Crippen molar-refractivity contribution >= 4 is 11.5 Å². The van der Waals surface area contributed by atoms with Crippen molar-refractivity contribution in [3.63, 3.8) is 0 Å². The van der Waals surface area contributed by atoms with Crippen molar-refractivity contribution in [2.24, 2.45) is 0 Å². The lowest BCUT2D eigenvalue weighted by molar-refractivity contribution is -0.385. The average molecular weight is 324 g/mol. The summed E-state index contributed by atoms with van der Waals surface area (Å²) in [7, 11) is 0. The number of para-hydroxylation sites is 1. The molecule has 0 amide bonds. The molecule has 1 aromatic carbocycles. The summed E-state index contributed by atoms with van der Waals surface area (Å²) in [6, 6.07) is 11.0. The van der Waals surface area contributed by atoms with E-state index in [1.807, 2.05) is 43.5 Å². The normalized spacial score (nSPS) is 11.9. The summed E-state index contributed by atoms with van der Waals surface area (Å²) >= 11 is 0. The van der Waals surface area contributed by atoms with Crippen molar-refractivity contribution in [1.82, 2.24) is 20.0 Å². The van der Waals surface area contributed by atoms with Crippen molar-refractivity contribution in [2.75, 3.05) is 5.32 Å². The molecule has 8 nitrogen and oxygen atoms in total. The molecule has 0 fully saturated rings. The highest BCUT2D eigenvalue weighted by molar-refractivity contribution is 5.49. The molecule has 0 bridgehead atoms. The summed E-state index contributed by atoms with van der Waals surface area (Å²) < 4.78 is 1.70. The minimum atomic E-state index is -0.460. The van der Waals surface area contributed by atoms with Crippen LogP contribution in [0.3, 0.4) is 0 Å². The van der Waals surface area contributed by atoms with Gasteiger partial charge in [-0.15, -0.1) is 5.10 Å². The fourth-order valence-electron chi connectivity index (χ4n) is 2.27. The third kappa shape index (κ3) is 3.22. The largest absolute Gasteiger partial charge is 0.362 e. The standard InChI is InChI=1S/C16H16N6O2/c1-11-8-14(22(23)24)9-17-16(11)18-12(2)15-10-21(20-19-15)13-6-4-3-5-7-13/h3-10,12H,1-2H3,(H,17,18). The summed E-state index contributed by atoms with van der Waals surface area (Å²) in [5.74, 6) is 0.586. The Bertz CT molecular complexity index is 862. The molecule has 0 radical (unpaired) electrons. The molecule has 1 unspecified atom stereocenters. The minimum absolute atomic E-state index is 0.0271. The summed E-state index contributed by atoms with van der Waals surface area (Å²) in [6.07, 6.45) is 3.08. The van der Waals surface area contributed by atoms with E-state index in [0.29, 0.717) is 11.4 Å². The van der Waals surface area contributed by atoms with Crippen LogP contribution in [0, 0.1) is 17.0 Å². The maximum Gasteiger partial charge on any atom is 0.287 e. The summed E-state index contributed by atoms with van der Waals surface area (Å²) in [6.45, 7) is 3.71. The van der Waals surface area contributed by atoms with Gasteiger partial charge in [-0.3, -0.25) is 10.1 Å². The van der Waals surface area contributed by atoms with E-state index in [1.54, 1.807) is 11.6 Å². The maximum atomic E-state index is 10.8. The van der Waals surface area contributed by atoms with Crippen LogP contribution < -0.4 is 5.32 Å². The predicted octanol–water partition coefficient (Wildman–Crippen LogP) is 3.05. The second-order valence-electron chi connectivity index (χ2n) is 5.41. The van der Waals surface area contributed by atoms with Crippen LogP contribution in [0.2, 0.25) is 0 Å². The summed E-state index contributed by atoms with van der Waals surface area (Å²) in [4.78, 5) is 14.4. The van der Waals surface area contributed by atoms with Crippen LogP contribution in [0.25, 0.3) is 5.69 Å². The van der Waals surface area contributed by atoms with Crippen molar-refractivity contribution in [1.29, 1.82) is 0 Å². The van der Waals surface area contributed by atoms with Crippen LogP contribution in [-0.2, 0) is 0 Å². The first kappa shape index (κ1) is 15.6. The molecule has 0 aliphatic carbocycles. The summed E-state index contributed by atoms with van der Waals surface area (Å²) in [5.41, 5.74) is 2.35. The smallest absolute Gasteiger partial charge is 0.287 e. The van der Waals surface area contributed by atoms with Gasteiger partial charge < -0.3 is 5.32 Å². The van der Waals surface area contributed by atoms with Gasteiger partial charge in [-0.25, -0.2) is 9.67 Å². The highest BCUT2D eigenvalue weighted by Gasteiger charge is 2.14. The van der Waals surface area contributed by atoms with E-state index in [2.05, 4.69) is 20.6 Å². The van der Waals surface area contributed by atoms with Gasteiger partial charge in [0.15, 0.2) is 0 Å². The van der Waals surface area contributed by atoms with Gasteiger partial charge in [0.25, 0.3) is 5.69 Å². The van der Waals surface area contributed by atoms with Crippen molar-refractivity contribution < 1.29 is 4.92 Å². The Morgan fingerprint density at radius 1 is 1.29 bits per heavy atom. The lowest BCUT2D eigenvalue weighted by atomic mass is 10.2. The fraction of sp³-hybridized carbons (Fsp3) is 0.188. The van der Waals surface area contributed by atoms with Gasteiger partial charge in [-0.1, -0.05) is 23.4 Å². The maximum absolute atomic E-state index is 10.8. The Labute approximate surface area is 138 Å². The molecular formula is C16H16N6O2. The van der Waals surface area contributed by atoms with Gasteiger partial charge in [0, 0.05) is 6.07 Å². The lowest BCUT2D eigenvalue weighted by Gasteiger charge is -2.13. The van der Waals surface area contributed by atoms with Crippen molar-refractivity contribution in [2.45, 2.75) is 19.9 Å². The van der Waals surface area contributed by atoms with E-state index in [1.165, 1.54) is 12.3 Å². The SMILES string of the molecule is Cc1cc([N+](=O)[O-])cnc1NC(C)c1cn(-c2ccccc2)nn1. The molecule has 0 aliphatic rings. The molecule has 2 heterocycles. The molecule has 24 heavy (non-hydrogen) atoms. The van der Waals surface area contributed by atoms with E-state index in [0.717, 1.165) is 11.4 Å². The number of aryl methyl sites for hydroxylation is 1. The number of hydrogen-bond donors (Lipinski definition) is 1. The van der Waals surface area contributed by atoms with Crippen molar-refractivity contribution in [3.8, 4) is 5.69 Å². The Morgan fingerprint density at radius 2 is 2.04 bits per heavy atom. The highest BCUT2D eigenvalue weighted by Crippen LogP contribution is 2.22. The zero-order valence-electron chi connectivity index (χ0n) is 13.2. The highest BCUT2D eigenvalue weighted by atomic mass is 16.6. The zero-order chi connectivity index (χ0) is 17.1. The molecular weight excluding hydrogens is 308 g/mol. The van der Waals surface area contributed by atoms with Crippen LogP contribution in [0.4, 0.5) is 11.5 Å². The second-order valence-corrected chi connectivity index (χ2v) is 5.41. The molecule has 3 aromatic rings. The third-order valence-corrected chi connectivity index (χ3v) is 3.60. The average Bonchev–Trinajstić information content (AvgIpc) is 3.07. The molecule has 1 atom stereocenters. The first-order chi connectivity index (χ1) is 11.5. The van der Waals surface area contributed by atoms with Gasteiger partial charge in [-0.2, -0.15) is 0 Å². The number of pyridine rings is 1. The number of nitro groups is 1. The minimum Gasteiger partial charge on any atom is -0.362 e. The fourth-order valence-corrected chi connectivity index (χ4v) is 2.27. The topological polar surface area (TPSA) is 98.8 Å². The van der Waals surface area contributed by atoms with Crippen LogP contribution in [0.1, 0.15) is 24.2 Å². The third-order valence-electron chi connectivity index (χ3n) is 3.60.